The molecule has 1 atom stereocenters. The van der Waals surface area contributed by atoms with Crippen molar-refractivity contribution < 1.29 is 20.1 Å². The van der Waals surface area contributed by atoms with Crippen LogP contribution in [0.5, 0.6) is 0 Å². The lowest BCUT2D eigenvalue weighted by Crippen LogP contribution is -2.15. The summed E-state index contributed by atoms with van der Waals surface area (Å²) in [5, 5.41) is 26.8. The van der Waals surface area contributed by atoms with Crippen LogP contribution in [-0.4, -0.2) is 39.8 Å². The lowest BCUT2D eigenvalue weighted by molar-refractivity contribution is 0.0693. The third kappa shape index (κ3) is 3.52. The number of aryl methyl sites for hydroxylation is 1. The Morgan fingerprint density at radius 2 is 2.19 bits per heavy atom. The van der Waals surface area contributed by atoms with E-state index in [-0.39, 0.29) is 17.9 Å². The maximum absolute atomic E-state index is 10.9. The summed E-state index contributed by atoms with van der Waals surface area (Å²) in [5.41, 5.74) is 1.19. The predicted octanol–water partition coefficient (Wildman–Crippen LogP) is 1.14. The highest BCUT2D eigenvalue weighted by Gasteiger charge is 2.12. The average molecular weight is 242 g/mol. The molecule has 0 aliphatic heterocycles. The number of hydrogen-bond donors (Lipinski definition) is 3. The molecule has 0 aliphatic carbocycles. The van der Waals surface area contributed by atoms with Gasteiger partial charge in [-0.2, -0.15) is 0 Å². The second kappa shape index (κ2) is 5.89. The third-order valence-corrected chi connectivity index (χ3v) is 3.21. The average Bonchev–Trinajstić information content (AvgIpc) is 2.25. The van der Waals surface area contributed by atoms with E-state index < -0.39 is 12.1 Å². The second-order valence-electron chi connectivity index (χ2n) is 3.45. The van der Waals surface area contributed by atoms with Gasteiger partial charge in [0.2, 0.25) is 0 Å². The van der Waals surface area contributed by atoms with Crippen molar-refractivity contribution in [1.29, 1.82) is 0 Å². The normalized spacial score (nSPS) is 12.4. The lowest BCUT2D eigenvalue weighted by atomic mass is 10.1. The molecule has 5 heteroatoms. The monoisotopic (exact) mass is 242 g/mol. The van der Waals surface area contributed by atoms with E-state index in [1.165, 1.54) is 11.8 Å². The van der Waals surface area contributed by atoms with Crippen LogP contribution >= 0.6 is 11.8 Å². The van der Waals surface area contributed by atoms with E-state index in [1.807, 2.05) is 6.92 Å². The molecule has 88 valence electrons. The van der Waals surface area contributed by atoms with E-state index >= 15 is 0 Å². The van der Waals surface area contributed by atoms with E-state index in [2.05, 4.69) is 0 Å². The van der Waals surface area contributed by atoms with Crippen LogP contribution in [0.25, 0.3) is 0 Å². The standard InChI is InChI=1S/C11H14O4S/c1-7-2-3-9(11(14)15)10(4-7)16-6-8(13)5-12/h2-4,8,12-13H,5-6H2,1H3,(H,14,15). The number of carbonyl (C=O) groups is 1. The van der Waals surface area contributed by atoms with Gasteiger partial charge >= 0.3 is 5.97 Å². The minimum absolute atomic E-state index is 0.223. The first kappa shape index (κ1) is 13.0. The topological polar surface area (TPSA) is 77.8 Å². The van der Waals surface area contributed by atoms with Crippen LogP contribution < -0.4 is 0 Å². The van der Waals surface area contributed by atoms with Gasteiger partial charge in [-0.05, 0) is 24.6 Å². The van der Waals surface area contributed by atoms with Gasteiger partial charge in [0.1, 0.15) is 0 Å². The van der Waals surface area contributed by atoms with Crippen molar-refractivity contribution in [2.24, 2.45) is 0 Å². The largest absolute Gasteiger partial charge is 0.478 e. The molecule has 0 fully saturated rings. The minimum Gasteiger partial charge on any atom is -0.478 e. The fraction of sp³-hybridized carbons (Fsp3) is 0.364. The summed E-state index contributed by atoms with van der Waals surface area (Å²) >= 11 is 1.23. The fourth-order valence-corrected chi connectivity index (χ4v) is 2.22. The Bertz CT molecular complexity index is 378. The van der Waals surface area contributed by atoms with Gasteiger partial charge in [-0.25, -0.2) is 4.79 Å². The van der Waals surface area contributed by atoms with Gasteiger partial charge in [0.15, 0.2) is 0 Å². The molecule has 0 saturated heterocycles. The van der Waals surface area contributed by atoms with E-state index in [9.17, 15) is 9.90 Å². The lowest BCUT2D eigenvalue weighted by Gasteiger charge is -2.09. The van der Waals surface area contributed by atoms with Crippen LogP contribution in [0.2, 0.25) is 0 Å². The van der Waals surface area contributed by atoms with Crippen molar-refractivity contribution in [3.05, 3.63) is 29.3 Å². The van der Waals surface area contributed by atoms with Crippen molar-refractivity contribution in [3.63, 3.8) is 0 Å². The maximum Gasteiger partial charge on any atom is 0.336 e. The summed E-state index contributed by atoms with van der Waals surface area (Å²) in [6, 6.07) is 5.04. The Morgan fingerprint density at radius 3 is 2.75 bits per heavy atom. The summed E-state index contributed by atoms with van der Waals surface area (Å²) in [6.07, 6.45) is -0.827. The van der Waals surface area contributed by atoms with Crippen molar-refractivity contribution in [2.75, 3.05) is 12.4 Å². The highest BCUT2D eigenvalue weighted by molar-refractivity contribution is 7.99. The van der Waals surface area contributed by atoms with Crippen LogP contribution in [-0.2, 0) is 0 Å². The first-order valence-electron chi connectivity index (χ1n) is 4.80. The molecule has 0 aromatic heterocycles. The molecule has 1 rings (SSSR count). The van der Waals surface area contributed by atoms with E-state index in [4.69, 9.17) is 10.2 Å². The molecule has 0 amide bonds. The zero-order valence-electron chi connectivity index (χ0n) is 8.88. The van der Waals surface area contributed by atoms with Gasteiger partial charge in [-0.15, -0.1) is 11.8 Å². The molecule has 0 heterocycles. The van der Waals surface area contributed by atoms with E-state index in [0.29, 0.717) is 4.90 Å². The third-order valence-electron chi connectivity index (χ3n) is 2.01. The first-order valence-corrected chi connectivity index (χ1v) is 5.79. The smallest absolute Gasteiger partial charge is 0.336 e. The number of rotatable bonds is 5. The Balaban J connectivity index is 2.84. The van der Waals surface area contributed by atoms with E-state index in [1.54, 1.807) is 18.2 Å². The van der Waals surface area contributed by atoms with Gasteiger partial charge in [0.25, 0.3) is 0 Å². The molecule has 0 aliphatic rings. The molecule has 4 nitrogen and oxygen atoms in total. The van der Waals surface area contributed by atoms with Crippen molar-refractivity contribution >= 4 is 17.7 Å². The number of hydrogen-bond acceptors (Lipinski definition) is 4. The van der Waals surface area contributed by atoms with Crippen molar-refractivity contribution in [2.45, 2.75) is 17.9 Å². The summed E-state index contributed by atoms with van der Waals surface area (Å²) in [6.45, 7) is 1.55. The Hall–Kier alpha value is -1.04. The number of carboxylic acid groups (broad SMARTS) is 1. The Kier molecular flexibility index (Phi) is 4.79. The molecule has 0 bridgehead atoms. The summed E-state index contributed by atoms with van der Waals surface area (Å²) in [5.74, 6) is -0.707. The minimum atomic E-state index is -0.985. The van der Waals surface area contributed by atoms with Crippen LogP contribution in [0.4, 0.5) is 0 Å². The number of aromatic carboxylic acids is 1. The van der Waals surface area contributed by atoms with Gasteiger partial charge in [0.05, 0.1) is 18.3 Å². The van der Waals surface area contributed by atoms with Crippen molar-refractivity contribution in [3.8, 4) is 0 Å². The molecule has 1 aromatic carbocycles. The van der Waals surface area contributed by atoms with Crippen LogP contribution in [0.3, 0.4) is 0 Å². The Morgan fingerprint density at radius 1 is 1.50 bits per heavy atom. The molecule has 0 spiro atoms. The molecule has 0 saturated carbocycles. The number of aliphatic hydroxyl groups is 2. The second-order valence-corrected chi connectivity index (χ2v) is 4.51. The maximum atomic E-state index is 10.9. The quantitative estimate of drug-likeness (QED) is 0.675. The summed E-state index contributed by atoms with van der Waals surface area (Å²) in [4.78, 5) is 11.5. The summed E-state index contributed by atoms with van der Waals surface area (Å²) in [7, 11) is 0. The highest BCUT2D eigenvalue weighted by atomic mass is 32.2. The van der Waals surface area contributed by atoms with Crippen LogP contribution in [0.1, 0.15) is 15.9 Å². The van der Waals surface area contributed by atoms with Gasteiger partial charge in [0, 0.05) is 10.6 Å². The highest BCUT2D eigenvalue weighted by Crippen LogP contribution is 2.24. The fourth-order valence-electron chi connectivity index (χ4n) is 1.16. The Labute approximate surface area is 97.9 Å². The zero-order chi connectivity index (χ0) is 12.1. The van der Waals surface area contributed by atoms with Gasteiger partial charge in [-0.3, -0.25) is 0 Å². The molecule has 16 heavy (non-hydrogen) atoms. The summed E-state index contributed by atoms with van der Waals surface area (Å²) < 4.78 is 0. The molecule has 1 aromatic rings. The molecular formula is C11H14O4S. The van der Waals surface area contributed by atoms with Crippen LogP contribution in [0.15, 0.2) is 23.1 Å². The number of carboxylic acids is 1. The molecule has 1 unspecified atom stereocenters. The van der Waals surface area contributed by atoms with Crippen molar-refractivity contribution in [1.82, 2.24) is 0 Å². The van der Waals surface area contributed by atoms with Gasteiger partial charge < -0.3 is 15.3 Å². The molecule has 3 N–H and O–H groups in total. The molecular weight excluding hydrogens is 228 g/mol. The number of aliphatic hydroxyl groups excluding tert-OH is 2. The van der Waals surface area contributed by atoms with E-state index in [0.717, 1.165) is 5.56 Å². The SMILES string of the molecule is Cc1ccc(C(=O)O)c(SCC(O)CO)c1. The predicted molar refractivity (Wildman–Crippen MR) is 62.0 cm³/mol. The molecule has 0 radical (unpaired) electrons. The first-order chi connectivity index (χ1) is 7.54. The number of thioether (sulfide) groups is 1. The van der Waals surface area contributed by atoms with Crippen LogP contribution in [0, 0.1) is 6.92 Å². The zero-order valence-corrected chi connectivity index (χ0v) is 9.70. The van der Waals surface area contributed by atoms with Gasteiger partial charge in [-0.1, -0.05) is 6.07 Å². The number of benzene rings is 1.